The molecule has 0 radical (unpaired) electrons. The number of rotatable bonds is 5. The Kier molecular flexibility index (Phi) is 4.09. The third-order valence-corrected chi connectivity index (χ3v) is 2.90. The first kappa shape index (κ1) is 14.1. The molecule has 108 valence electrons. The van der Waals surface area contributed by atoms with Gasteiger partial charge >= 0.3 is 0 Å². The van der Waals surface area contributed by atoms with Crippen molar-refractivity contribution in [2.24, 2.45) is 7.05 Å². The van der Waals surface area contributed by atoms with E-state index in [4.69, 9.17) is 9.52 Å². The third-order valence-electron chi connectivity index (χ3n) is 2.90. The molecule has 1 atom stereocenters. The van der Waals surface area contributed by atoms with Crippen LogP contribution in [-0.2, 0) is 11.8 Å². The van der Waals surface area contributed by atoms with Crippen molar-refractivity contribution < 1.29 is 19.1 Å². The molecule has 7 nitrogen and oxygen atoms in total. The fourth-order valence-electron chi connectivity index (χ4n) is 1.84. The van der Waals surface area contributed by atoms with E-state index in [0.29, 0.717) is 11.3 Å². The first-order valence-corrected chi connectivity index (χ1v) is 6.25. The van der Waals surface area contributed by atoms with Crippen LogP contribution in [0.4, 0.5) is 0 Å². The Morgan fingerprint density at radius 3 is 2.85 bits per heavy atom. The molecule has 0 spiro atoms. The molecule has 2 aromatic rings. The van der Waals surface area contributed by atoms with Crippen LogP contribution in [0.15, 0.2) is 22.8 Å². The molecule has 0 aromatic carbocycles. The van der Waals surface area contributed by atoms with Gasteiger partial charge in [-0.3, -0.25) is 9.59 Å². The molecular weight excluding hydrogens is 262 g/mol. The summed E-state index contributed by atoms with van der Waals surface area (Å²) in [6.07, 6.45) is 0.935. The zero-order chi connectivity index (χ0) is 14.7. The van der Waals surface area contributed by atoms with Gasteiger partial charge in [0.25, 0.3) is 5.91 Å². The van der Waals surface area contributed by atoms with Crippen molar-refractivity contribution in [3.05, 3.63) is 24.1 Å². The maximum atomic E-state index is 12.0. The van der Waals surface area contributed by atoms with Gasteiger partial charge in [0, 0.05) is 25.7 Å². The number of carbonyl (C=O) groups is 2. The number of aryl methyl sites for hydroxylation is 1. The number of amides is 2. The van der Waals surface area contributed by atoms with Crippen LogP contribution in [0, 0.1) is 0 Å². The number of hydrogen-bond donors (Lipinski definition) is 3. The summed E-state index contributed by atoms with van der Waals surface area (Å²) in [6, 6.07) is 3.39. The minimum atomic E-state index is -0.616. The van der Waals surface area contributed by atoms with E-state index in [1.807, 2.05) is 0 Å². The van der Waals surface area contributed by atoms with Gasteiger partial charge < -0.3 is 24.7 Å². The minimum Gasteiger partial charge on any atom is -0.463 e. The van der Waals surface area contributed by atoms with Crippen molar-refractivity contribution in [2.75, 3.05) is 13.1 Å². The number of nitrogens with zero attached hydrogens (tertiary/aromatic N) is 1. The highest BCUT2D eigenvalue weighted by atomic mass is 16.3. The number of nitrogens with one attached hydrogen (secondary N) is 2. The van der Waals surface area contributed by atoms with Gasteiger partial charge in [-0.1, -0.05) is 0 Å². The Labute approximate surface area is 115 Å². The smallest absolute Gasteiger partial charge is 0.268 e. The summed E-state index contributed by atoms with van der Waals surface area (Å²) in [7, 11) is 1.75. The fourth-order valence-corrected chi connectivity index (χ4v) is 1.84. The molecule has 0 fully saturated rings. The molecule has 0 bridgehead atoms. The summed E-state index contributed by atoms with van der Waals surface area (Å²) >= 11 is 0. The predicted octanol–water partition coefficient (Wildman–Crippen LogP) is -0.00190. The summed E-state index contributed by atoms with van der Waals surface area (Å²) < 4.78 is 6.91. The van der Waals surface area contributed by atoms with Crippen LogP contribution >= 0.6 is 0 Å². The molecule has 2 aromatic heterocycles. The Bertz CT molecular complexity index is 627. The molecule has 0 aliphatic heterocycles. The maximum Gasteiger partial charge on any atom is 0.268 e. The van der Waals surface area contributed by atoms with Crippen molar-refractivity contribution in [3.8, 4) is 0 Å². The number of fused-ring (bicyclic) bond motifs is 1. The molecule has 0 aliphatic rings. The van der Waals surface area contributed by atoms with E-state index < -0.39 is 6.10 Å². The van der Waals surface area contributed by atoms with E-state index >= 15 is 0 Å². The second-order valence-corrected chi connectivity index (χ2v) is 4.59. The standard InChI is InChI=1S/C13H17N3O4/c1-8(17)6-14-12(18)7-15-13(19)10-5-11-9(16(10)2)3-4-20-11/h3-5,8,17H,6-7H2,1-2H3,(H,14,18)(H,15,19). The van der Waals surface area contributed by atoms with Gasteiger partial charge in [-0.05, 0) is 6.92 Å². The van der Waals surface area contributed by atoms with Crippen LogP contribution in [0.1, 0.15) is 17.4 Å². The number of furan rings is 1. The van der Waals surface area contributed by atoms with E-state index in [2.05, 4.69) is 10.6 Å². The fraction of sp³-hybridized carbons (Fsp3) is 0.385. The third kappa shape index (κ3) is 3.00. The Morgan fingerprint density at radius 2 is 2.20 bits per heavy atom. The van der Waals surface area contributed by atoms with Crippen LogP contribution in [-0.4, -0.2) is 40.7 Å². The summed E-state index contributed by atoms with van der Waals surface area (Å²) in [5, 5.41) is 14.0. The van der Waals surface area contributed by atoms with Gasteiger partial charge in [0.2, 0.25) is 5.91 Å². The molecule has 7 heteroatoms. The van der Waals surface area contributed by atoms with Crippen LogP contribution in [0.5, 0.6) is 0 Å². The topological polar surface area (TPSA) is 96.5 Å². The number of aromatic nitrogens is 1. The molecular formula is C13H17N3O4. The molecule has 0 saturated heterocycles. The Balaban J connectivity index is 1.93. The van der Waals surface area contributed by atoms with Gasteiger partial charge in [0.05, 0.1) is 24.4 Å². The zero-order valence-electron chi connectivity index (χ0n) is 11.3. The molecule has 20 heavy (non-hydrogen) atoms. The molecule has 2 amide bonds. The maximum absolute atomic E-state index is 12.0. The first-order valence-electron chi connectivity index (χ1n) is 6.25. The van der Waals surface area contributed by atoms with E-state index in [1.165, 1.54) is 0 Å². The summed E-state index contributed by atoms with van der Waals surface area (Å²) in [5.41, 5.74) is 1.85. The lowest BCUT2D eigenvalue weighted by Gasteiger charge is -2.08. The van der Waals surface area contributed by atoms with Gasteiger partial charge in [-0.2, -0.15) is 0 Å². The summed E-state index contributed by atoms with van der Waals surface area (Å²) in [4.78, 5) is 23.4. The molecule has 3 N–H and O–H groups in total. The SMILES string of the molecule is CC(O)CNC(=O)CNC(=O)c1cc2occc2n1C. The van der Waals surface area contributed by atoms with E-state index in [9.17, 15) is 9.59 Å². The lowest BCUT2D eigenvalue weighted by molar-refractivity contribution is -0.120. The zero-order valence-corrected chi connectivity index (χ0v) is 11.3. The van der Waals surface area contributed by atoms with Crippen molar-refractivity contribution in [1.29, 1.82) is 0 Å². The summed E-state index contributed by atoms with van der Waals surface area (Å²) in [5.74, 6) is -0.705. The number of hydrogen-bond acceptors (Lipinski definition) is 4. The molecule has 2 heterocycles. The second-order valence-electron chi connectivity index (χ2n) is 4.59. The highest BCUT2D eigenvalue weighted by molar-refractivity contribution is 5.99. The quantitative estimate of drug-likeness (QED) is 0.717. The predicted molar refractivity (Wildman–Crippen MR) is 72.2 cm³/mol. The highest BCUT2D eigenvalue weighted by Crippen LogP contribution is 2.19. The molecule has 0 saturated carbocycles. The van der Waals surface area contributed by atoms with Crippen LogP contribution in [0.3, 0.4) is 0 Å². The van der Waals surface area contributed by atoms with Gasteiger partial charge in [0.1, 0.15) is 5.69 Å². The molecule has 2 rings (SSSR count). The van der Waals surface area contributed by atoms with E-state index in [-0.39, 0.29) is 24.9 Å². The van der Waals surface area contributed by atoms with Crippen LogP contribution < -0.4 is 10.6 Å². The van der Waals surface area contributed by atoms with Gasteiger partial charge in [0.15, 0.2) is 5.58 Å². The van der Waals surface area contributed by atoms with Crippen LogP contribution in [0.25, 0.3) is 11.1 Å². The monoisotopic (exact) mass is 279 g/mol. The number of aliphatic hydroxyl groups excluding tert-OH is 1. The Hall–Kier alpha value is -2.28. The van der Waals surface area contributed by atoms with Crippen molar-refractivity contribution in [1.82, 2.24) is 15.2 Å². The van der Waals surface area contributed by atoms with E-state index in [0.717, 1.165) is 5.52 Å². The average Bonchev–Trinajstić information content (AvgIpc) is 2.97. The van der Waals surface area contributed by atoms with E-state index in [1.54, 1.807) is 36.9 Å². The largest absolute Gasteiger partial charge is 0.463 e. The number of carbonyl (C=O) groups excluding carboxylic acids is 2. The number of aliphatic hydroxyl groups is 1. The van der Waals surface area contributed by atoms with Gasteiger partial charge in [-0.25, -0.2) is 0 Å². The van der Waals surface area contributed by atoms with Crippen molar-refractivity contribution in [2.45, 2.75) is 13.0 Å². The average molecular weight is 279 g/mol. The summed E-state index contributed by atoms with van der Waals surface area (Å²) in [6.45, 7) is 1.59. The molecule has 1 unspecified atom stereocenters. The Morgan fingerprint density at radius 1 is 1.45 bits per heavy atom. The normalized spacial score (nSPS) is 12.3. The van der Waals surface area contributed by atoms with Crippen molar-refractivity contribution >= 4 is 22.9 Å². The van der Waals surface area contributed by atoms with Gasteiger partial charge in [-0.15, -0.1) is 0 Å². The lowest BCUT2D eigenvalue weighted by atomic mass is 10.3. The lowest BCUT2D eigenvalue weighted by Crippen LogP contribution is -2.39. The first-order chi connectivity index (χ1) is 9.49. The highest BCUT2D eigenvalue weighted by Gasteiger charge is 2.15. The van der Waals surface area contributed by atoms with Crippen molar-refractivity contribution in [3.63, 3.8) is 0 Å². The second kappa shape index (κ2) is 5.79. The molecule has 0 aliphatic carbocycles. The minimum absolute atomic E-state index is 0.141. The van der Waals surface area contributed by atoms with Crippen LogP contribution in [0.2, 0.25) is 0 Å².